The molecule has 1 N–H and O–H groups in total. The number of ether oxygens (including phenoxy) is 4. The predicted molar refractivity (Wildman–Crippen MR) is 63.8 cm³/mol. The molecule has 1 aliphatic heterocycles. The zero-order valence-corrected chi connectivity index (χ0v) is 11.7. The van der Waals surface area contributed by atoms with E-state index in [2.05, 4.69) is 0 Å². The minimum atomic E-state index is -1.47. The van der Waals surface area contributed by atoms with Gasteiger partial charge < -0.3 is 24.1 Å². The normalized spacial score (nSPS) is 28.3. The molecule has 0 spiro atoms. The molecule has 1 heterocycles. The highest BCUT2D eigenvalue weighted by molar-refractivity contribution is 5.73. The lowest BCUT2D eigenvalue weighted by Crippen LogP contribution is -2.54. The van der Waals surface area contributed by atoms with Crippen LogP contribution in [0.15, 0.2) is 0 Å². The third-order valence-electron chi connectivity index (χ3n) is 2.56. The number of hydrogen-bond donors (Lipinski definition) is 1. The Bertz CT molecular complexity index is 418. The molecule has 0 aromatic carbocycles. The molecule has 9 heteroatoms. The van der Waals surface area contributed by atoms with E-state index in [0.717, 1.165) is 20.8 Å². The fourth-order valence-electron chi connectivity index (χ4n) is 1.88. The van der Waals surface area contributed by atoms with Crippen molar-refractivity contribution in [2.45, 2.75) is 51.8 Å². The maximum Gasteiger partial charge on any atom is 0.333 e. The van der Waals surface area contributed by atoms with Gasteiger partial charge in [0.2, 0.25) is 12.4 Å². The molecule has 0 aliphatic carbocycles. The van der Waals surface area contributed by atoms with E-state index in [9.17, 15) is 19.2 Å². The zero-order chi connectivity index (χ0) is 16.2. The van der Waals surface area contributed by atoms with E-state index in [-0.39, 0.29) is 6.42 Å². The van der Waals surface area contributed by atoms with E-state index in [1.54, 1.807) is 0 Å². The molecule has 0 bridgehead atoms. The fourth-order valence-corrected chi connectivity index (χ4v) is 1.88. The molecular weight excluding hydrogens is 288 g/mol. The molecule has 0 saturated carbocycles. The van der Waals surface area contributed by atoms with Crippen LogP contribution in [0.2, 0.25) is 0 Å². The Labute approximate surface area is 120 Å². The van der Waals surface area contributed by atoms with Gasteiger partial charge >= 0.3 is 23.9 Å². The Morgan fingerprint density at radius 3 is 1.90 bits per heavy atom. The van der Waals surface area contributed by atoms with Crippen molar-refractivity contribution in [1.82, 2.24) is 0 Å². The van der Waals surface area contributed by atoms with E-state index in [1.807, 2.05) is 0 Å². The molecule has 1 saturated heterocycles. The van der Waals surface area contributed by atoms with Crippen LogP contribution in [0.3, 0.4) is 0 Å². The first kappa shape index (κ1) is 16.9. The fraction of sp³-hybridized carbons (Fsp3) is 0.667. The molecule has 1 rings (SSSR count). The first-order valence-electron chi connectivity index (χ1n) is 6.10. The largest absolute Gasteiger partial charge is 0.479 e. The third-order valence-corrected chi connectivity index (χ3v) is 2.56. The van der Waals surface area contributed by atoms with E-state index in [0.29, 0.717) is 0 Å². The van der Waals surface area contributed by atoms with Gasteiger partial charge in [-0.05, 0) is 0 Å². The van der Waals surface area contributed by atoms with Gasteiger partial charge in [-0.1, -0.05) is 0 Å². The highest BCUT2D eigenvalue weighted by atomic mass is 16.7. The maximum absolute atomic E-state index is 11.1. The average molecular weight is 304 g/mol. The zero-order valence-electron chi connectivity index (χ0n) is 11.7. The van der Waals surface area contributed by atoms with E-state index < -0.39 is 48.5 Å². The summed E-state index contributed by atoms with van der Waals surface area (Å²) in [6.07, 6.45) is -5.38. The summed E-state index contributed by atoms with van der Waals surface area (Å²) in [7, 11) is 0. The van der Waals surface area contributed by atoms with Crippen LogP contribution in [0.4, 0.5) is 0 Å². The summed E-state index contributed by atoms with van der Waals surface area (Å²) in [6, 6.07) is 0. The number of carboxylic acids is 1. The topological polar surface area (TPSA) is 125 Å². The van der Waals surface area contributed by atoms with Gasteiger partial charge in [-0.25, -0.2) is 4.79 Å². The van der Waals surface area contributed by atoms with Crippen molar-refractivity contribution in [3.8, 4) is 0 Å². The van der Waals surface area contributed by atoms with Crippen LogP contribution in [0.25, 0.3) is 0 Å². The highest BCUT2D eigenvalue weighted by Gasteiger charge is 2.47. The van der Waals surface area contributed by atoms with Gasteiger partial charge in [0.15, 0.2) is 6.10 Å². The number of carboxylic acid groups (broad SMARTS) is 1. The van der Waals surface area contributed by atoms with E-state index >= 15 is 0 Å². The second-order valence-electron chi connectivity index (χ2n) is 4.40. The Kier molecular flexibility index (Phi) is 5.65. The number of rotatable bonds is 4. The number of carbonyl (C=O) groups excluding carboxylic acids is 3. The van der Waals surface area contributed by atoms with Crippen LogP contribution >= 0.6 is 0 Å². The monoisotopic (exact) mass is 304 g/mol. The SMILES string of the molecule is CC(=O)O[C@H]1O[C@@H](C(=O)O)C[C@@H](OC(C)=O)[C@@H]1OC(C)=O. The lowest BCUT2D eigenvalue weighted by atomic mass is 10.0. The van der Waals surface area contributed by atoms with E-state index in [1.165, 1.54) is 0 Å². The number of aliphatic carboxylic acids is 1. The van der Waals surface area contributed by atoms with Crippen molar-refractivity contribution >= 4 is 23.9 Å². The van der Waals surface area contributed by atoms with Crippen LogP contribution in [-0.2, 0) is 38.1 Å². The van der Waals surface area contributed by atoms with Gasteiger partial charge in [0, 0.05) is 27.2 Å². The van der Waals surface area contributed by atoms with Crippen molar-refractivity contribution in [2.75, 3.05) is 0 Å². The summed E-state index contributed by atoms with van der Waals surface area (Å²) in [6.45, 7) is 3.31. The van der Waals surface area contributed by atoms with Gasteiger partial charge in [-0.15, -0.1) is 0 Å². The molecule has 1 aliphatic rings. The van der Waals surface area contributed by atoms with Crippen LogP contribution in [0.1, 0.15) is 27.2 Å². The molecule has 0 amide bonds. The minimum Gasteiger partial charge on any atom is -0.479 e. The second kappa shape index (κ2) is 7.02. The minimum absolute atomic E-state index is 0.232. The lowest BCUT2D eigenvalue weighted by molar-refractivity contribution is -0.266. The van der Waals surface area contributed by atoms with Crippen LogP contribution < -0.4 is 0 Å². The summed E-state index contributed by atoms with van der Waals surface area (Å²) in [5.74, 6) is -3.48. The van der Waals surface area contributed by atoms with Crippen LogP contribution in [0.5, 0.6) is 0 Å². The molecular formula is C12H16O9. The standard InChI is InChI=1S/C12H16O9/c1-5(13)18-8-4-9(11(16)17)21-12(20-7(3)15)10(8)19-6(2)14/h8-10,12H,4H2,1-3H3,(H,16,17)/t8-,9-,10+,12+/m1/s1. The first-order valence-corrected chi connectivity index (χ1v) is 6.10. The molecule has 0 aromatic rings. The summed E-state index contributed by atoms with van der Waals surface area (Å²) in [5, 5.41) is 9.00. The molecule has 0 radical (unpaired) electrons. The van der Waals surface area contributed by atoms with Crippen LogP contribution in [-0.4, -0.2) is 53.6 Å². The first-order chi connectivity index (χ1) is 9.70. The van der Waals surface area contributed by atoms with Crippen molar-refractivity contribution in [3.63, 3.8) is 0 Å². The van der Waals surface area contributed by atoms with Gasteiger partial charge in [-0.3, -0.25) is 14.4 Å². The maximum atomic E-state index is 11.1. The van der Waals surface area contributed by atoms with Crippen molar-refractivity contribution < 1.29 is 43.2 Å². The van der Waals surface area contributed by atoms with Crippen LogP contribution in [0, 0.1) is 0 Å². The molecule has 118 valence electrons. The van der Waals surface area contributed by atoms with Gasteiger partial charge in [0.1, 0.15) is 6.10 Å². The quantitative estimate of drug-likeness (QED) is 0.546. The summed E-state index contributed by atoms with van der Waals surface area (Å²) < 4.78 is 19.8. The molecule has 0 aromatic heterocycles. The summed E-state index contributed by atoms with van der Waals surface area (Å²) >= 11 is 0. The molecule has 1 fully saturated rings. The Hall–Kier alpha value is -2.16. The Morgan fingerprint density at radius 2 is 1.48 bits per heavy atom. The molecule has 21 heavy (non-hydrogen) atoms. The van der Waals surface area contributed by atoms with Crippen molar-refractivity contribution in [3.05, 3.63) is 0 Å². The Balaban J connectivity index is 3.01. The highest BCUT2D eigenvalue weighted by Crippen LogP contribution is 2.27. The van der Waals surface area contributed by atoms with Gasteiger partial charge in [0.05, 0.1) is 0 Å². The number of esters is 3. The Morgan fingerprint density at radius 1 is 0.952 bits per heavy atom. The van der Waals surface area contributed by atoms with Gasteiger partial charge in [-0.2, -0.15) is 0 Å². The van der Waals surface area contributed by atoms with Gasteiger partial charge in [0.25, 0.3) is 0 Å². The van der Waals surface area contributed by atoms with Crippen molar-refractivity contribution in [2.24, 2.45) is 0 Å². The molecule has 9 nitrogen and oxygen atoms in total. The lowest BCUT2D eigenvalue weighted by Gasteiger charge is -2.38. The summed E-state index contributed by atoms with van der Waals surface area (Å²) in [5.41, 5.74) is 0. The number of carbonyl (C=O) groups is 4. The second-order valence-corrected chi connectivity index (χ2v) is 4.40. The molecule has 4 atom stereocenters. The van der Waals surface area contributed by atoms with Crippen molar-refractivity contribution in [1.29, 1.82) is 0 Å². The summed E-state index contributed by atoms with van der Waals surface area (Å²) in [4.78, 5) is 44.3. The predicted octanol–water partition coefficient (Wildman–Crippen LogP) is -0.387. The average Bonchev–Trinajstić information content (AvgIpc) is 2.30. The third kappa shape index (κ3) is 5.03. The smallest absolute Gasteiger partial charge is 0.333 e. The van der Waals surface area contributed by atoms with E-state index in [4.69, 9.17) is 24.1 Å². The number of hydrogen-bond acceptors (Lipinski definition) is 8. The molecule has 0 unspecified atom stereocenters.